The van der Waals surface area contributed by atoms with Crippen LogP contribution in [0.4, 0.5) is 13.2 Å². The zero-order chi connectivity index (χ0) is 14.9. The van der Waals surface area contributed by atoms with E-state index in [1.807, 2.05) is 0 Å². The van der Waals surface area contributed by atoms with E-state index in [2.05, 4.69) is 9.97 Å². The molecular weight excluding hydrogens is 297 g/mol. The molecule has 0 aliphatic rings. The maximum absolute atomic E-state index is 12.2. The molecule has 2 heterocycles. The molecule has 0 unspecified atom stereocenters. The van der Waals surface area contributed by atoms with Crippen LogP contribution in [0, 0.1) is 0 Å². The highest BCUT2D eigenvalue weighted by atomic mass is 35.5. The fourth-order valence-electron chi connectivity index (χ4n) is 1.71. The SMILES string of the molecule is CN(CC(F)(F)F)C(=O)Cn1cnc2c(Cl)nccc21. The number of carbonyl (C=O) groups is 1. The lowest BCUT2D eigenvalue weighted by molar-refractivity contribution is -0.158. The van der Waals surface area contributed by atoms with Gasteiger partial charge in [0.05, 0.1) is 11.8 Å². The molecule has 0 N–H and O–H groups in total. The number of hydrogen-bond donors (Lipinski definition) is 0. The quantitative estimate of drug-likeness (QED) is 0.816. The van der Waals surface area contributed by atoms with E-state index < -0.39 is 18.6 Å². The summed E-state index contributed by atoms with van der Waals surface area (Å²) in [5.74, 6) is -0.672. The normalized spacial score (nSPS) is 11.8. The highest BCUT2D eigenvalue weighted by Gasteiger charge is 2.31. The fraction of sp³-hybridized carbons (Fsp3) is 0.364. The minimum absolute atomic E-state index is 0.178. The van der Waals surface area contributed by atoms with E-state index >= 15 is 0 Å². The number of fused-ring (bicyclic) bond motifs is 1. The summed E-state index contributed by atoms with van der Waals surface area (Å²) in [4.78, 5) is 20.2. The Hall–Kier alpha value is -1.83. The number of hydrogen-bond acceptors (Lipinski definition) is 3. The summed E-state index contributed by atoms with van der Waals surface area (Å²) in [6.07, 6.45) is -1.64. The second kappa shape index (κ2) is 5.28. The molecule has 0 radical (unpaired) electrons. The van der Waals surface area contributed by atoms with Crippen molar-refractivity contribution in [3.8, 4) is 0 Å². The number of alkyl halides is 3. The van der Waals surface area contributed by atoms with Crippen LogP contribution in [0.2, 0.25) is 5.15 Å². The highest BCUT2D eigenvalue weighted by Crippen LogP contribution is 2.20. The number of halogens is 4. The molecule has 2 aromatic heterocycles. The smallest absolute Gasteiger partial charge is 0.335 e. The van der Waals surface area contributed by atoms with E-state index in [4.69, 9.17) is 11.6 Å². The van der Waals surface area contributed by atoms with Crippen molar-refractivity contribution in [3.63, 3.8) is 0 Å². The predicted molar refractivity (Wildman–Crippen MR) is 66.2 cm³/mol. The second-order valence-corrected chi connectivity index (χ2v) is 4.56. The van der Waals surface area contributed by atoms with Crippen LogP contribution < -0.4 is 0 Å². The lowest BCUT2D eigenvalue weighted by atomic mass is 10.4. The number of amides is 1. The third-order valence-electron chi connectivity index (χ3n) is 2.64. The van der Waals surface area contributed by atoms with Gasteiger partial charge in [-0.2, -0.15) is 13.2 Å². The van der Waals surface area contributed by atoms with Gasteiger partial charge in [-0.05, 0) is 6.07 Å². The molecule has 9 heteroatoms. The molecule has 0 saturated heterocycles. The van der Waals surface area contributed by atoms with E-state index in [9.17, 15) is 18.0 Å². The zero-order valence-corrected chi connectivity index (χ0v) is 11.1. The van der Waals surface area contributed by atoms with Crippen LogP contribution in [0.5, 0.6) is 0 Å². The Morgan fingerprint density at radius 1 is 1.45 bits per heavy atom. The number of aromatic nitrogens is 3. The molecule has 2 rings (SSSR count). The summed E-state index contributed by atoms with van der Waals surface area (Å²) < 4.78 is 38.1. The van der Waals surface area contributed by atoms with Crippen LogP contribution >= 0.6 is 11.6 Å². The average molecular weight is 307 g/mol. The molecule has 108 valence electrons. The fourth-order valence-corrected chi connectivity index (χ4v) is 1.91. The molecule has 20 heavy (non-hydrogen) atoms. The molecule has 0 atom stereocenters. The van der Waals surface area contributed by atoms with E-state index in [1.54, 1.807) is 6.07 Å². The Balaban J connectivity index is 2.16. The third kappa shape index (κ3) is 3.19. The largest absolute Gasteiger partial charge is 0.406 e. The van der Waals surface area contributed by atoms with Crippen LogP contribution in [0.25, 0.3) is 11.0 Å². The molecule has 0 fully saturated rings. The van der Waals surface area contributed by atoms with E-state index in [1.165, 1.54) is 17.1 Å². The standard InChI is InChI=1S/C11H10ClF3N4O/c1-18(5-11(13,14)15)8(20)4-19-6-17-9-7(19)2-3-16-10(9)12/h2-3,6H,4-5H2,1H3. The average Bonchev–Trinajstić information content (AvgIpc) is 2.72. The van der Waals surface area contributed by atoms with Crippen LogP contribution in [-0.2, 0) is 11.3 Å². The van der Waals surface area contributed by atoms with Crippen molar-refractivity contribution < 1.29 is 18.0 Å². The number of imidazole rings is 1. The van der Waals surface area contributed by atoms with Crippen LogP contribution in [0.3, 0.4) is 0 Å². The number of pyridine rings is 1. The number of rotatable bonds is 3. The van der Waals surface area contributed by atoms with Gasteiger partial charge in [0.15, 0.2) is 5.15 Å². The summed E-state index contributed by atoms with van der Waals surface area (Å²) in [5, 5.41) is 0.178. The van der Waals surface area contributed by atoms with Crippen LogP contribution in [-0.4, -0.2) is 45.1 Å². The van der Waals surface area contributed by atoms with Gasteiger partial charge in [0.1, 0.15) is 18.6 Å². The zero-order valence-electron chi connectivity index (χ0n) is 10.4. The van der Waals surface area contributed by atoms with Crippen molar-refractivity contribution in [2.24, 2.45) is 0 Å². The van der Waals surface area contributed by atoms with Crippen molar-refractivity contribution in [2.45, 2.75) is 12.7 Å². The van der Waals surface area contributed by atoms with Gasteiger partial charge in [0.25, 0.3) is 0 Å². The van der Waals surface area contributed by atoms with Gasteiger partial charge in [-0.3, -0.25) is 4.79 Å². The molecule has 2 aromatic rings. The first-order valence-electron chi connectivity index (χ1n) is 5.54. The second-order valence-electron chi connectivity index (χ2n) is 4.21. The first-order valence-corrected chi connectivity index (χ1v) is 5.92. The molecule has 0 bridgehead atoms. The Morgan fingerprint density at radius 2 is 2.15 bits per heavy atom. The van der Waals surface area contributed by atoms with Crippen molar-refractivity contribution in [1.82, 2.24) is 19.4 Å². The Morgan fingerprint density at radius 3 is 2.80 bits per heavy atom. The molecule has 0 aliphatic heterocycles. The molecule has 0 aliphatic carbocycles. The topological polar surface area (TPSA) is 51.0 Å². The summed E-state index contributed by atoms with van der Waals surface area (Å²) in [5.41, 5.74) is 0.944. The van der Waals surface area contributed by atoms with Crippen molar-refractivity contribution in [2.75, 3.05) is 13.6 Å². The summed E-state index contributed by atoms with van der Waals surface area (Å²) in [7, 11) is 1.10. The van der Waals surface area contributed by atoms with Crippen molar-refractivity contribution in [1.29, 1.82) is 0 Å². The minimum atomic E-state index is -4.42. The minimum Gasteiger partial charge on any atom is -0.335 e. The predicted octanol–water partition coefficient (Wildman–Crippen LogP) is 2.11. The number of nitrogens with zero attached hydrogens (tertiary/aromatic N) is 4. The van der Waals surface area contributed by atoms with Gasteiger partial charge in [0, 0.05) is 13.2 Å². The third-order valence-corrected chi connectivity index (χ3v) is 2.92. The van der Waals surface area contributed by atoms with Crippen molar-refractivity contribution in [3.05, 3.63) is 23.7 Å². The van der Waals surface area contributed by atoms with Crippen LogP contribution in [0.1, 0.15) is 0 Å². The van der Waals surface area contributed by atoms with Gasteiger partial charge in [-0.25, -0.2) is 9.97 Å². The van der Waals surface area contributed by atoms with E-state index in [0.29, 0.717) is 15.9 Å². The lowest BCUT2D eigenvalue weighted by Crippen LogP contribution is -2.37. The molecule has 0 saturated carbocycles. The van der Waals surface area contributed by atoms with E-state index in [0.717, 1.165) is 7.05 Å². The van der Waals surface area contributed by atoms with Gasteiger partial charge < -0.3 is 9.47 Å². The lowest BCUT2D eigenvalue weighted by Gasteiger charge is -2.19. The van der Waals surface area contributed by atoms with Crippen LogP contribution in [0.15, 0.2) is 18.6 Å². The molecule has 0 aromatic carbocycles. The molecule has 0 spiro atoms. The molecular formula is C11H10ClF3N4O. The molecule has 5 nitrogen and oxygen atoms in total. The summed E-state index contributed by atoms with van der Waals surface area (Å²) >= 11 is 5.83. The maximum Gasteiger partial charge on any atom is 0.406 e. The van der Waals surface area contributed by atoms with Gasteiger partial charge in [0.2, 0.25) is 5.91 Å². The number of carbonyl (C=O) groups excluding carboxylic acids is 1. The maximum atomic E-state index is 12.2. The summed E-state index contributed by atoms with van der Waals surface area (Å²) in [6, 6.07) is 1.59. The van der Waals surface area contributed by atoms with Crippen molar-refractivity contribution >= 4 is 28.5 Å². The first kappa shape index (κ1) is 14.6. The van der Waals surface area contributed by atoms with Gasteiger partial charge in [-0.15, -0.1) is 0 Å². The Labute approximate surface area is 117 Å². The Bertz CT molecular complexity index is 640. The molecule has 1 amide bonds. The van der Waals surface area contributed by atoms with Gasteiger partial charge in [-0.1, -0.05) is 11.6 Å². The van der Waals surface area contributed by atoms with Gasteiger partial charge >= 0.3 is 6.18 Å². The number of likely N-dealkylation sites (N-methyl/N-ethyl adjacent to an activating group) is 1. The monoisotopic (exact) mass is 306 g/mol. The Kier molecular flexibility index (Phi) is 3.85. The summed E-state index contributed by atoms with van der Waals surface area (Å²) in [6.45, 7) is -1.54. The highest BCUT2D eigenvalue weighted by molar-refractivity contribution is 6.33. The van der Waals surface area contributed by atoms with E-state index in [-0.39, 0.29) is 11.7 Å². The first-order chi connectivity index (χ1) is 9.28.